The molecule has 1 unspecified atom stereocenters. The summed E-state index contributed by atoms with van der Waals surface area (Å²) in [5.41, 5.74) is 0.427. The second-order valence-electron chi connectivity index (χ2n) is 6.10. The van der Waals surface area contributed by atoms with Crippen molar-refractivity contribution in [3.05, 3.63) is 35.9 Å². The topological polar surface area (TPSA) is 42.3 Å². The number of likely N-dealkylation sites (tertiary alicyclic amines) is 1. The normalized spacial score (nSPS) is 20.1. The van der Waals surface area contributed by atoms with E-state index in [9.17, 15) is 5.26 Å². The molecule has 0 bridgehead atoms. The van der Waals surface area contributed by atoms with E-state index in [0.29, 0.717) is 6.04 Å². The van der Waals surface area contributed by atoms with Gasteiger partial charge in [0.25, 0.3) is 0 Å². The second kappa shape index (κ2) is 7.04. The number of nitriles is 1. The summed E-state index contributed by atoms with van der Waals surface area (Å²) in [6.07, 6.45) is 2.35. The van der Waals surface area contributed by atoms with E-state index in [1.54, 1.807) is 0 Å². The molecule has 1 heterocycles. The van der Waals surface area contributed by atoms with Gasteiger partial charge >= 0.3 is 0 Å². The number of nitrogens with one attached hydrogen (secondary N) is 1. The van der Waals surface area contributed by atoms with Crippen LogP contribution in [0, 0.1) is 11.3 Å². The lowest BCUT2D eigenvalue weighted by atomic mass is 9.90. The van der Waals surface area contributed by atoms with Crippen LogP contribution in [-0.4, -0.2) is 56.6 Å². The summed E-state index contributed by atoms with van der Waals surface area (Å²) in [6, 6.07) is 13.2. The van der Waals surface area contributed by atoms with E-state index in [4.69, 9.17) is 0 Å². The number of benzene rings is 1. The number of piperidine rings is 1. The standard InChI is InChI=1S/C17H26N4/c1-19-17(13-18,15-7-5-4-6-8-15)14-21-11-9-16(10-12-21)20(2)3/h4-8,16,19H,9-12,14H2,1-3H3. The Hall–Kier alpha value is -1.41. The highest BCUT2D eigenvalue weighted by molar-refractivity contribution is 5.32. The van der Waals surface area contributed by atoms with E-state index in [-0.39, 0.29) is 0 Å². The number of likely N-dealkylation sites (N-methyl/N-ethyl adjacent to an activating group) is 1. The monoisotopic (exact) mass is 286 g/mol. The molecule has 21 heavy (non-hydrogen) atoms. The molecule has 0 aliphatic carbocycles. The van der Waals surface area contributed by atoms with Gasteiger partial charge in [0.2, 0.25) is 0 Å². The van der Waals surface area contributed by atoms with Crippen molar-refractivity contribution in [2.45, 2.75) is 24.4 Å². The fraction of sp³-hybridized carbons (Fsp3) is 0.588. The average Bonchev–Trinajstić information content (AvgIpc) is 2.54. The Morgan fingerprint density at radius 1 is 1.29 bits per heavy atom. The van der Waals surface area contributed by atoms with Crippen LogP contribution in [0.5, 0.6) is 0 Å². The first-order chi connectivity index (χ1) is 10.1. The van der Waals surface area contributed by atoms with Crippen LogP contribution in [0.25, 0.3) is 0 Å². The molecule has 0 spiro atoms. The fourth-order valence-electron chi connectivity index (χ4n) is 3.12. The van der Waals surface area contributed by atoms with Crippen molar-refractivity contribution < 1.29 is 0 Å². The first kappa shape index (κ1) is 16.0. The summed E-state index contributed by atoms with van der Waals surface area (Å²) < 4.78 is 0. The van der Waals surface area contributed by atoms with Crippen molar-refractivity contribution in [2.75, 3.05) is 40.8 Å². The molecular formula is C17H26N4. The molecule has 0 radical (unpaired) electrons. The van der Waals surface area contributed by atoms with Gasteiger partial charge in [-0.05, 0) is 52.6 Å². The van der Waals surface area contributed by atoms with Crippen LogP contribution >= 0.6 is 0 Å². The van der Waals surface area contributed by atoms with Crippen LogP contribution in [0.4, 0.5) is 0 Å². The Labute approximate surface area is 128 Å². The zero-order valence-electron chi connectivity index (χ0n) is 13.3. The fourth-order valence-corrected chi connectivity index (χ4v) is 3.12. The highest BCUT2D eigenvalue weighted by Crippen LogP contribution is 2.24. The maximum absolute atomic E-state index is 9.75. The van der Waals surface area contributed by atoms with Gasteiger partial charge in [-0.1, -0.05) is 30.3 Å². The van der Waals surface area contributed by atoms with Crippen molar-refractivity contribution in [1.29, 1.82) is 5.26 Å². The second-order valence-corrected chi connectivity index (χ2v) is 6.10. The molecule has 0 aromatic heterocycles. The SMILES string of the molecule is CNC(C#N)(CN1CCC(N(C)C)CC1)c1ccccc1. The zero-order valence-corrected chi connectivity index (χ0v) is 13.3. The van der Waals surface area contributed by atoms with E-state index in [1.807, 2.05) is 37.4 Å². The van der Waals surface area contributed by atoms with E-state index in [1.165, 1.54) is 12.8 Å². The lowest BCUT2D eigenvalue weighted by Gasteiger charge is -2.39. The molecule has 1 aromatic carbocycles. The van der Waals surface area contributed by atoms with Gasteiger partial charge in [-0.15, -0.1) is 0 Å². The number of hydrogen-bond donors (Lipinski definition) is 1. The first-order valence-corrected chi connectivity index (χ1v) is 7.66. The summed E-state index contributed by atoms with van der Waals surface area (Å²) in [5.74, 6) is 0. The van der Waals surface area contributed by atoms with Crippen molar-refractivity contribution in [2.24, 2.45) is 0 Å². The summed E-state index contributed by atoms with van der Waals surface area (Å²) in [5, 5.41) is 13.0. The lowest BCUT2D eigenvalue weighted by Crippen LogP contribution is -2.52. The molecule has 0 saturated carbocycles. The van der Waals surface area contributed by atoms with Crippen LogP contribution in [0.2, 0.25) is 0 Å². The van der Waals surface area contributed by atoms with Crippen molar-refractivity contribution >= 4 is 0 Å². The average molecular weight is 286 g/mol. The maximum atomic E-state index is 9.75. The van der Waals surface area contributed by atoms with Crippen LogP contribution in [0.1, 0.15) is 18.4 Å². The summed E-state index contributed by atoms with van der Waals surface area (Å²) in [4.78, 5) is 4.72. The Bertz CT molecular complexity index is 471. The van der Waals surface area contributed by atoms with E-state index in [2.05, 4.69) is 35.3 Å². The number of rotatable bonds is 5. The Morgan fingerprint density at radius 3 is 2.38 bits per heavy atom. The molecule has 114 valence electrons. The van der Waals surface area contributed by atoms with Crippen molar-refractivity contribution in [1.82, 2.24) is 15.1 Å². The van der Waals surface area contributed by atoms with Gasteiger partial charge in [0.15, 0.2) is 0 Å². The van der Waals surface area contributed by atoms with Gasteiger partial charge in [-0.3, -0.25) is 10.2 Å². The predicted octanol–water partition coefficient (Wildman–Crippen LogP) is 1.65. The molecule has 1 fully saturated rings. The molecular weight excluding hydrogens is 260 g/mol. The maximum Gasteiger partial charge on any atom is 0.144 e. The molecule has 4 heteroatoms. The minimum Gasteiger partial charge on any atom is -0.306 e. The van der Waals surface area contributed by atoms with Gasteiger partial charge in [-0.25, -0.2) is 0 Å². The van der Waals surface area contributed by atoms with Gasteiger partial charge in [0.05, 0.1) is 6.07 Å². The molecule has 1 N–H and O–H groups in total. The molecule has 1 aliphatic rings. The molecule has 0 amide bonds. The smallest absolute Gasteiger partial charge is 0.144 e. The molecule has 1 atom stereocenters. The Balaban J connectivity index is 2.07. The summed E-state index contributed by atoms with van der Waals surface area (Å²) in [6.45, 7) is 2.85. The summed E-state index contributed by atoms with van der Waals surface area (Å²) in [7, 11) is 6.18. The van der Waals surface area contributed by atoms with Crippen molar-refractivity contribution in [3.8, 4) is 6.07 Å². The lowest BCUT2D eigenvalue weighted by molar-refractivity contribution is 0.125. The van der Waals surface area contributed by atoms with E-state index < -0.39 is 5.54 Å². The van der Waals surface area contributed by atoms with Gasteiger partial charge in [0, 0.05) is 12.6 Å². The predicted molar refractivity (Wildman–Crippen MR) is 85.9 cm³/mol. The third-order valence-corrected chi connectivity index (χ3v) is 4.63. The molecule has 1 saturated heterocycles. The van der Waals surface area contributed by atoms with Crippen LogP contribution in [0.15, 0.2) is 30.3 Å². The third kappa shape index (κ3) is 3.62. The van der Waals surface area contributed by atoms with E-state index in [0.717, 1.165) is 25.2 Å². The first-order valence-electron chi connectivity index (χ1n) is 7.66. The quantitative estimate of drug-likeness (QED) is 0.894. The largest absolute Gasteiger partial charge is 0.306 e. The molecule has 1 aliphatic heterocycles. The van der Waals surface area contributed by atoms with Crippen LogP contribution in [0.3, 0.4) is 0 Å². The number of nitrogens with zero attached hydrogens (tertiary/aromatic N) is 3. The van der Waals surface area contributed by atoms with Gasteiger partial charge in [-0.2, -0.15) is 5.26 Å². The minimum absolute atomic E-state index is 0.619. The van der Waals surface area contributed by atoms with Gasteiger partial charge < -0.3 is 4.90 Å². The molecule has 4 nitrogen and oxygen atoms in total. The summed E-state index contributed by atoms with van der Waals surface area (Å²) >= 11 is 0. The minimum atomic E-state index is -0.619. The highest BCUT2D eigenvalue weighted by atomic mass is 15.2. The number of hydrogen-bond acceptors (Lipinski definition) is 4. The van der Waals surface area contributed by atoms with E-state index >= 15 is 0 Å². The Kier molecular flexibility index (Phi) is 5.35. The van der Waals surface area contributed by atoms with Gasteiger partial charge in [0.1, 0.15) is 5.54 Å². The molecule has 1 aromatic rings. The Morgan fingerprint density at radius 2 is 1.90 bits per heavy atom. The third-order valence-electron chi connectivity index (χ3n) is 4.63. The van der Waals surface area contributed by atoms with Crippen LogP contribution in [-0.2, 0) is 5.54 Å². The molecule has 2 rings (SSSR count). The van der Waals surface area contributed by atoms with Crippen LogP contribution < -0.4 is 5.32 Å². The zero-order chi connectivity index (χ0) is 15.3. The highest BCUT2D eigenvalue weighted by Gasteiger charge is 2.34. The van der Waals surface area contributed by atoms with Crippen molar-refractivity contribution in [3.63, 3.8) is 0 Å².